The lowest BCUT2D eigenvalue weighted by molar-refractivity contribution is -0.129. The van der Waals surface area contributed by atoms with E-state index in [0.29, 0.717) is 5.56 Å². The Bertz CT molecular complexity index is 647. The fourth-order valence-electron chi connectivity index (χ4n) is 1.60. The molecule has 0 bridgehead atoms. The molecule has 18 heavy (non-hydrogen) atoms. The van der Waals surface area contributed by atoms with E-state index in [4.69, 9.17) is 10.8 Å². The highest BCUT2D eigenvalue weighted by atomic mass is 32.1. The third-order valence-electron chi connectivity index (χ3n) is 2.32. The van der Waals surface area contributed by atoms with Gasteiger partial charge in [-0.25, -0.2) is 4.79 Å². The summed E-state index contributed by atoms with van der Waals surface area (Å²) in [5.74, 6) is -1.16. The molecular weight excluding hydrogens is 252 g/mol. The van der Waals surface area contributed by atoms with E-state index in [9.17, 15) is 4.79 Å². The molecule has 0 aliphatic rings. The second-order valence-corrected chi connectivity index (χ2v) is 3.93. The summed E-state index contributed by atoms with van der Waals surface area (Å²) in [5, 5.41) is 13.5. The standard InChI is InChI=1S/C11H10N4O2S/c12-11(18)15-14-9(10(16)17)7-5-13-8-4-2-1-3-6(7)8/h1-5,13H,(H,16,17)(H3,12,15,18). The van der Waals surface area contributed by atoms with E-state index in [-0.39, 0.29) is 10.8 Å². The number of carboxylic acid groups (broad SMARTS) is 1. The van der Waals surface area contributed by atoms with Gasteiger partial charge in [0.25, 0.3) is 0 Å². The number of hydrogen-bond donors (Lipinski definition) is 4. The van der Waals surface area contributed by atoms with Gasteiger partial charge in [-0.3, -0.25) is 5.43 Å². The van der Waals surface area contributed by atoms with Crippen molar-refractivity contribution in [1.29, 1.82) is 0 Å². The second kappa shape index (κ2) is 4.84. The molecule has 7 heteroatoms. The van der Waals surface area contributed by atoms with Crippen LogP contribution in [0.1, 0.15) is 5.56 Å². The molecular formula is C11H10N4O2S. The molecule has 0 saturated carbocycles. The van der Waals surface area contributed by atoms with Crippen LogP contribution in [0, 0.1) is 0 Å². The summed E-state index contributed by atoms with van der Waals surface area (Å²) in [6.07, 6.45) is 1.58. The summed E-state index contributed by atoms with van der Waals surface area (Å²) in [4.78, 5) is 14.2. The minimum atomic E-state index is -1.16. The predicted octanol–water partition coefficient (Wildman–Crippen LogP) is 0.790. The third kappa shape index (κ3) is 2.30. The normalized spacial score (nSPS) is 11.4. The van der Waals surface area contributed by atoms with E-state index < -0.39 is 5.97 Å². The smallest absolute Gasteiger partial charge is 0.357 e. The third-order valence-corrected chi connectivity index (χ3v) is 2.42. The molecule has 0 aliphatic carbocycles. The van der Waals surface area contributed by atoms with Gasteiger partial charge in [0.1, 0.15) is 0 Å². The number of carboxylic acids is 1. The maximum absolute atomic E-state index is 11.2. The zero-order valence-corrected chi connectivity index (χ0v) is 9.99. The first-order valence-electron chi connectivity index (χ1n) is 5.02. The molecule has 0 aliphatic heterocycles. The number of rotatable bonds is 3. The maximum Gasteiger partial charge on any atom is 0.357 e. The molecule has 1 heterocycles. The molecule has 1 aromatic heterocycles. The number of benzene rings is 1. The Balaban J connectivity index is 2.52. The average molecular weight is 262 g/mol. The minimum absolute atomic E-state index is 0.0893. The zero-order chi connectivity index (χ0) is 13.1. The van der Waals surface area contributed by atoms with Crippen LogP contribution in [0.2, 0.25) is 0 Å². The number of H-pyrrole nitrogens is 1. The van der Waals surface area contributed by atoms with E-state index in [1.54, 1.807) is 12.3 Å². The van der Waals surface area contributed by atoms with Gasteiger partial charge >= 0.3 is 5.97 Å². The summed E-state index contributed by atoms with van der Waals surface area (Å²) < 4.78 is 0. The van der Waals surface area contributed by atoms with Crippen LogP contribution in [-0.4, -0.2) is 26.9 Å². The molecule has 0 saturated heterocycles. The number of aromatic nitrogens is 1. The fraction of sp³-hybridized carbons (Fsp3) is 0. The lowest BCUT2D eigenvalue weighted by Crippen LogP contribution is -2.27. The van der Waals surface area contributed by atoms with Crippen LogP contribution in [0.4, 0.5) is 0 Å². The van der Waals surface area contributed by atoms with E-state index in [1.165, 1.54) is 0 Å². The lowest BCUT2D eigenvalue weighted by Gasteiger charge is -2.01. The largest absolute Gasteiger partial charge is 0.476 e. The highest BCUT2D eigenvalue weighted by Crippen LogP contribution is 2.18. The van der Waals surface area contributed by atoms with E-state index in [1.807, 2.05) is 18.2 Å². The molecule has 5 N–H and O–H groups in total. The molecule has 0 unspecified atom stereocenters. The van der Waals surface area contributed by atoms with Crippen LogP contribution in [0.15, 0.2) is 35.6 Å². The molecule has 6 nitrogen and oxygen atoms in total. The first-order chi connectivity index (χ1) is 8.59. The van der Waals surface area contributed by atoms with Gasteiger partial charge in [0.15, 0.2) is 10.8 Å². The van der Waals surface area contributed by atoms with Crippen molar-refractivity contribution < 1.29 is 9.90 Å². The van der Waals surface area contributed by atoms with Gasteiger partial charge < -0.3 is 15.8 Å². The Morgan fingerprint density at radius 1 is 1.44 bits per heavy atom. The molecule has 0 fully saturated rings. The highest BCUT2D eigenvalue weighted by Gasteiger charge is 2.17. The first kappa shape index (κ1) is 12.1. The molecule has 0 amide bonds. The van der Waals surface area contributed by atoms with Gasteiger partial charge in [0.05, 0.1) is 0 Å². The first-order valence-corrected chi connectivity index (χ1v) is 5.43. The number of thiocarbonyl (C=S) groups is 1. The Morgan fingerprint density at radius 2 is 2.17 bits per heavy atom. The Hall–Kier alpha value is -2.41. The number of carbonyl (C=O) groups is 1. The van der Waals surface area contributed by atoms with Gasteiger partial charge in [0.2, 0.25) is 0 Å². The summed E-state index contributed by atoms with van der Waals surface area (Å²) in [7, 11) is 0. The summed E-state index contributed by atoms with van der Waals surface area (Å²) >= 11 is 4.58. The fourth-order valence-corrected chi connectivity index (χ4v) is 1.65. The second-order valence-electron chi connectivity index (χ2n) is 3.49. The SMILES string of the molecule is NC(=S)NN=C(C(=O)O)c1c[nH]c2ccccc12. The number of aliphatic carboxylic acids is 1. The Morgan fingerprint density at radius 3 is 2.83 bits per heavy atom. The van der Waals surface area contributed by atoms with Crippen molar-refractivity contribution in [3.8, 4) is 0 Å². The Labute approximate surface area is 107 Å². The van der Waals surface area contributed by atoms with Crippen molar-refractivity contribution in [3.63, 3.8) is 0 Å². The van der Waals surface area contributed by atoms with Crippen LogP contribution in [0.25, 0.3) is 10.9 Å². The number of para-hydroxylation sites is 1. The van der Waals surface area contributed by atoms with E-state index >= 15 is 0 Å². The quantitative estimate of drug-likeness (QED) is 0.372. The van der Waals surface area contributed by atoms with Crippen LogP contribution in [-0.2, 0) is 4.79 Å². The number of hydrazone groups is 1. The lowest BCUT2D eigenvalue weighted by atomic mass is 10.1. The van der Waals surface area contributed by atoms with Gasteiger partial charge in [-0.05, 0) is 18.3 Å². The number of hydrogen-bond acceptors (Lipinski definition) is 3. The number of nitrogens with two attached hydrogens (primary N) is 1. The van der Waals surface area contributed by atoms with Gasteiger partial charge in [-0.15, -0.1) is 0 Å². The van der Waals surface area contributed by atoms with Crippen LogP contribution < -0.4 is 11.2 Å². The van der Waals surface area contributed by atoms with Crippen molar-refractivity contribution in [2.24, 2.45) is 10.8 Å². The summed E-state index contributed by atoms with van der Waals surface area (Å²) in [5.41, 5.74) is 8.65. The minimum Gasteiger partial charge on any atom is -0.476 e. The topological polar surface area (TPSA) is 104 Å². The molecule has 0 spiro atoms. The van der Waals surface area contributed by atoms with Gasteiger partial charge in [-0.1, -0.05) is 18.2 Å². The van der Waals surface area contributed by atoms with Crippen LogP contribution in [0.3, 0.4) is 0 Å². The van der Waals surface area contributed by atoms with Crippen molar-refractivity contribution >= 4 is 39.9 Å². The Kier molecular flexibility index (Phi) is 3.24. The molecule has 2 rings (SSSR count). The molecule has 2 aromatic rings. The van der Waals surface area contributed by atoms with Crippen molar-refractivity contribution in [1.82, 2.24) is 10.4 Å². The van der Waals surface area contributed by atoms with Crippen molar-refractivity contribution in [2.45, 2.75) is 0 Å². The monoisotopic (exact) mass is 262 g/mol. The maximum atomic E-state index is 11.2. The molecule has 0 radical (unpaired) electrons. The van der Waals surface area contributed by atoms with Gasteiger partial charge in [-0.2, -0.15) is 5.10 Å². The average Bonchev–Trinajstić information content (AvgIpc) is 2.73. The number of aromatic amines is 1. The summed E-state index contributed by atoms with van der Waals surface area (Å²) in [6, 6.07) is 7.33. The molecule has 92 valence electrons. The highest BCUT2D eigenvalue weighted by molar-refractivity contribution is 7.80. The van der Waals surface area contributed by atoms with Crippen molar-refractivity contribution in [2.75, 3.05) is 0 Å². The summed E-state index contributed by atoms with van der Waals surface area (Å²) in [6.45, 7) is 0. The predicted molar refractivity (Wildman–Crippen MR) is 72.4 cm³/mol. The van der Waals surface area contributed by atoms with Gasteiger partial charge in [0, 0.05) is 22.7 Å². The molecule has 0 atom stereocenters. The number of fused-ring (bicyclic) bond motifs is 1. The van der Waals surface area contributed by atoms with Crippen LogP contribution >= 0.6 is 12.2 Å². The van der Waals surface area contributed by atoms with Crippen LogP contribution in [0.5, 0.6) is 0 Å². The zero-order valence-electron chi connectivity index (χ0n) is 9.18. The van der Waals surface area contributed by atoms with E-state index in [2.05, 4.69) is 27.7 Å². The number of nitrogens with zero attached hydrogens (tertiary/aromatic N) is 1. The van der Waals surface area contributed by atoms with E-state index in [0.717, 1.165) is 10.9 Å². The number of nitrogens with one attached hydrogen (secondary N) is 2. The molecule has 1 aromatic carbocycles. The van der Waals surface area contributed by atoms with Crippen molar-refractivity contribution in [3.05, 3.63) is 36.0 Å².